The van der Waals surface area contributed by atoms with Gasteiger partial charge in [0.05, 0.1) is 6.04 Å². The molecule has 1 aliphatic heterocycles. The number of nitrogens with zero attached hydrogens (tertiary/aromatic N) is 1. The van der Waals surface area contributed by atoms with E-state index in [0.29, 0.717) is 5.92 Å². The SMILES string of the molecule is CCN(CC)C(=O)C(N)C1CCOCC1. The van der Waals surface area contributed by atoms with Gasteiger partial charge in [-0.3, -0.25) is 4.79 Å². The Kier molecular flexibility index (Phi) is 5.05. The van der Waals surface area contributed by atoms with Crippen LogP contribution in [0.5, 0.6) is 0 Å². The molecule has 0 saturated carbocycles. The van der Waals surface area contributed by atoms with Crippen molar-refractivity contribution in [2.75, 3.05) is 26.3 Å². The maximum Gasteiger partial charge on any atom is 0.239 e. The van der Waals surface area contributed by atoms with Crippen molar-refractivity contribution in [3.8, 4) is 0 Å². The van der Waals surface area contributed by atoms with Crippen molar-refractivity contribution >= 4 is 5.91 Å². The van der Waals surface area contributed by atoms with Gasteiger partial charge in [0.2, 0.25) is 5.91 Å². The summed E-state index contributed by atoms with van der Waals surface area (Å²) in [6.45, 7) is 6.93. The second-order valence-corrected chi connectivity index (χ2v) is 3.99. The third-order valence-corrected chi connectivity index (χ3v) is 3.13. The molecule has 2 N–H and O–H groups in total. The van der Waals surface area contributed by atoms with Crippen LogP contribution in [-0.2, 0) is 9.53 Å². The van der Waals surface area contributed by atoms with Gasteiger partial charge in [0.25, 0.3) is 0 Å². The van der Waals surface area contributed by atoms with Gasteiger partial charge in [-0.05, 0) is 32.6 Å². The molecule has 0 bridgehead atoms. The zero-order valence-corrected chi connectivity index (χ0v) is 9.74. The molecule has 1 saturated heterocycles. The first-order chi connectivity index (χ1) is 7.20. The van der Waals surface area contributed by atoms with Crippen LogP contribution in [0.3, 0.4) is 0 Å². The summed E-state index contributed by atoms with van der Waals surface area (Å²) in [5, 5.41) is 0. The first kappa shape index (κ1) is 12.5. The Labute approximate surface area is 91.8 Å². The van der Waals surface area contributed by atoms with Crippen molar-refractivity contribution < 1.29 is 9.53 Å². The third kappa shape index (κ3) is 3.18. The van der Waals surface area contributed by atoms with E-state index in [2.05, 4.69) is 0 Å². The Hall–Kier alpha value is -0.610. The monoisotopic (exact) mass is 214 g/mol. The van der Waals surface area contributed by atoms with Gasteiger partial charge in [-0.15, -0.1) is 0 Å². The lowest BCUT2D eigenvalue weighted by molar-refractivity contribution is -0.134. The van der Waals surface area contributed by atoms with E-state index in [0.717, 1.165) is 39.1 Å². The van der Waals surface area contributed by atoms with Gasteiger partial charge < -0.3 is 15.4 Å². The molecule has 0 aromatic carbocycles. The van der Waals surface area contributed by atoms with E-state index >= 15 is 0 Å². The highest BCUT2D eigenvalue weighted by atomic mass is 16.5. The second-order valence-electron chi connectivity index (χ2n) is 3.99. The zero-order chi connectivity index (χ0) is 11.3. The van der Waals surface area contributed by atoms with Crippen LogP contribution in [0, 0.1) is 5.92 Å². The van der Waals surface area contributed by atoms with Crippen molar-refractivity contribution in [1.82, 2.24) is 4.90 Å². The molecule has 1 amide bonds. The predicted octanol–water partition coefficient (Wildman–Crippen LogP) is 0.609. The van der Waals surface area contributed by atoms with Gasteiger partial charge in [0.15, 0.2) is 0 Å². The molecule has 88 valence electrons. The molecule has 1 fully saturated rings. The standard InChI is InChI=1S/C11H22N2O2/c1-3-13(4-2)11(14)10(12)9-5-7-15-8-6-9/h9-10H,3-8,12H2,1-2H3. The van der Waals surface area contributed by atoms with Gasteiger partial charge in [-0.1, -0.05) is 0 Å². The Balaban J connectivity index is 2.49. The van der Waals surface area contributed by atoms with Crippen LogP contribution in [-0.4, -0.2) is 43.2 Å². The van der Waals surface area contributed by atoms with Crippen LogP contribution < -0.4 is 5.73 Å². The summed E-state index contributed by atoms with van der Waals surface area (Å²) in [4.78, 5) is 13.8. The average molecular weight is 214 g/mol. The molecular formula is C11H22N2O2. The molecule has 0 aromatic heterocycles. The lowest BCUT2D eigenvalue weighted by Gasteiger charge is -2.30. The number of nitrogens with two attached hydrogens (primary N) is 1. The number of carbonyl (C=O) groups is 1. The minimum Gasteiger partial charge on any atom is -0.381 e. The molecule has 4 heteroatoms. The number of carbonyl (C=O) groups excluding carboxylic acids is 1. The Morgan fingerprint density at radius 2 is 1.93 bits per heavy atom. The molecule has 0 aliphatic carbocycles. The zero-order valence-electron chi connectivity index (χ0n) is 9.74. The largest absolute Gasteiger partial charge is 0.381 e. The van der Waals surface area contributed by atoms with Crippen LogP contribution in [0.15, 0.2) is 0 Å². The molecular weight excluding hydrogens is 192 g/mol. The summed E-state index contributed by atoms with van der Waals surface area (Å²) in [5.41, 5.74) is 6.00. The van der Waals surface area contributed by atoms with Gasteiger partial charge in [-0.25, -0.2) is 0 Å². The van der Waals surface area contributed by atoms with E-state index < -0.39 is 0 Å². The van der Waals surface area contributed by atoms with E-state index in [1.165, 1.54) is 0 Å². The number of rotatable bonds is 4. The number of ether oxygens (including phenoxy) is 1. The molecule has 0 aromatic rings. The van der Waals surface area contributed by atoms with E-state index in [-0.39, 0.29) is 11.9 Å². The molecule has 1 atom stereocenters. The molecule has 15 heavy (non-hydrogen) atoms. The summed E-state index contributed by atoms with van der Waals surface area (Å²) in [5.74, 6) is 0.388. The summed E-state index contributed by atoms with van der Waals surface area (Å²) >= 11 is 0. The third-order valence-electron chi connectivity index (χ3n) is 3.13. The summed E-state index contributed by atoms with van der Waals surface area (Å²) < 4.78 is 5.26. The van der Waals surface area contributed by atoms with E-state index in [1.807, 2.05) is 13.8 Å². The average Bonchev–Trinajstić information content (AvgIpc) is 2.30. The maximum atomic E-state index is 12.0. The lowest BCUT2D eigenvalue weighted by atomic mass is 9.91. The van der Waals surface area contributed by atoms with Crippen molar-refractivity contribution in [1.29, 1.82) is 0 Å². The second kappa shape index (κ2) is 6.08. The van der Waals surface area contributed by atoms with Crippen molar-refractivity contribution in [2.45, 2.75) is 32.7 Å². The minimum atomic E-state index is -0.339. The Morgan fingerprint density at radius 1 is 1.40 bits per heavy atom. The highest BCUT2D eigenvalue weighted by Crippen LogP contribution is 2.18. The fourth-order valence-corrected chi connectivity index (χ4v) is 2.02. The number of hydrogen-bond donors (Lipinski definition) is 1. The molecule has 0 radical (unpaired) electrons. The number of amides is 1. The molecule has 0 spiro atoms. The first-order valence-electron chi connectivity index (χ1n) is 5.82. The first-order valence-corrected chi connectivity index (χ1v) is 5.82. The van der Waals surface area contributed by atoms with Gasteiger partial charge in [0.1, 0.15) is 0 Å². The number of hydrogen-bond acceptors (Lipinski definition) is 3. The summed E-state index contributed by atoms with van der Waals surface area (Å²) in [6, 6.07) is -0.339. The Morgan fingerprint density at radius 3 is 2.40 bits per heavy atom. The van der Waals surface area contributed by atoms with E-state index in [9.17, 15) is 4.79 Å². The number of likely N-dealkylation sites (N-methyl/N-ethyl adjacent to an activating group) is 1. The van der Waals surface area contributed by atoms with E-state index in [1.54, 1.807) is 4.90 Å². The van der Waals surface area contributed by atoms with E-state index in [4.69, 9.17) is 10.5 Å². The predicted molar refractivity (Wildman–Crippen MR) is 59.4 cm³/mol. The summed E-state index contributed by atoms with van der Waals surface area (Å²) in [6.07, 6.45) is 1.82. The minimum absolute atomic E-state index is 0.0897. The van der Waals surface area contributed by atoms with Crippen LogP contribution in [0.25, 0.3) is 0 Å². The fourth-order valence-electron chi connectivity index (χ4n) is 2.02. The van der Waals surface area contributed by atoms with Crippen molar-refractivity contribution in [3.05, 3.63) is 0 Å². The van der Waals surface area contributed by atoms with Gasteiger partial charge >= 0.3 is 0 Å². The van der Waals surface area contributed by atoms with Gasteiger partial charge in [-0.2, -0.15) is 0 Å². The molecule has 1 heterocycles. The molecule has 1 aliphatic rings. The fraction of sp³-hybridized carbons (Fsp3) is 0.909. The van der Waals surface area contributed by atoms with Crippen molar-refractivity contribution in [3.63, 3.8) is 0 Å². The smallest absolute Gasteiger partial charge is 0.239 e. The van der Waals surface area contributed by atoms with Crippen LogP contribution >= 0.6 is 0 Å². The molecule has 1 unspecified atom stereocenters. The Bertz CT molecular complexity index is 199. The lowest BCUT2D eigenvalue weighted by Crippen LogP contribution is -2.48. The summed E-state index contributed by atoms with van der Waals surface area (Å²) in [7, 11) is 0. The quantitative estimate of drug-likeness (QED) is 0.746. The molecule has 1 rings (SSSR count). The highest BCUT2D eigenvalue weighted by Gasteiger charge is 2.28. The van der Waals surface area contributed by atoms with Crippen LogP contribution in [0.1, 0.15) is 26.7 Å². The topological polar surface area (TPSA) is 55.6 Å². The maximum absolute atomic E-state index is 12.0. The van der Waals surface area contributed by atoms with Gasteiger partial charge in [0, 0.05) is 26.3 Å². The van der Waals surface area contributed by atoms with Crippen LogP contribution in [0.2, 0.25) is 0 Å². The molecule has 4 nitrogen and oxygen atoms in total. The highest BCUT2D eigenvalue weighted by molar-refractivity contribution is 5.81. The van der Waals surface area contributed by atoms with Crippen molar-refractivity contribution in [2.24, 2.45) is 11.7 Å². The van der Waals surface area contributed by atoms with Crippen LogP contribution in [0.4, 0.5) is 0 Å². The normalized spacial score (nSPS) is 19.9.